The lowest BCUT2D eigenvalue weighted by Crippen LogP contribution is -2.09. The quantitative estimate of drug-likeness (QED) is 0.298. The highest BCUT2D eigenvalue weighted by Crippen LogP contribution is 2.24. The lowest BCUT2D eigenvalue weighted by molar-refractivity contribution is -0.0117. The number of rotatable bonds is 13. The molecule has 0 heterocycles. The molecule has 7 heteroatoms. The van der Waals surface area contributed by atoms with Crippen LogP contribution in [-0.2, 0) is 24.3 Å². The minimum absolute atomic E-state index is 0.166. The van der Waals surface area contributed by atoms with Gasteiger partial charge >= 0.3 is 0 Å². The second-order valence-electron chi connectivity index (χ2n) is 4.27. The van der Waals surface area contributed by atoms with Gasteiger partial charge in [0.25, 0.3) is 0 Å². The van der Waals surface area contributed by atoms with Gasteiger partial charge in [0, 0.05) is 25.6 Å². The normalized spacial score (nSPS) is 10.7. The Morgan fingerprint density at radius 3 is 1.68 bits per heavy atom. The molecule has 0 saturated carbocycles. The van der Waals surface area contributed by atoms with Crippen molar-refractivity contribution in [2.75, 3.05) is 54.2 Å². The fourth-order valence-electron chi connectivity index (χ4n) is 1.50. The van der Waals surface area contributed by atoms with E-state index in [1.54, 1.807) is 20.3 Å². The lowest BCUT2D eigenvalue weighted by Gasteiger charge is -2.12. The van der Waals surface area contributed by atoms with Crippen molar-refractivity contribution in [2.45, 2.75) is 5.33 Å². The van der Waals surface area contributed by atoms with Gasteiger partial charge in [-0.25, -0.2) is 0 Å². The molecule has 1 rings (SSSR count). The Bertz CT molecular complexity index is 369. The molecule has 126 valence electrons. The Kier molecular flexibility index (Phi) is 11.0. The molecule has 0 aliphatic heterocycles. The number of alkyl halides is 1. The molecule has 0 radical (unpaired) electrons. The number of hydrogen-bond acceptors (Lipinski definition) is 6. The Morgan fingerprint density at radius 1 is 0.773 bits per heavy atom. The van der Waals surface area contributed by atoms with E-state index in [0.717, 1.165) is 5.56 Å². The number of halogens is 1. The van der Waals surface area contributed by atoms with Crippen molar-refractivity contribution in [2.24, 2.45) is 0 Å². The zero-order valence-corrected chi connectivity index (χ0v) is 14.6. The van der Waals surface area contributed by atoms with E-state index in [1.807, 2.05) is 12.1 Å². The van der Waals surface area contributed by atoms with Gasteiger partial charge in [-0.2, -0.15) is 0 Å². The molecule has 1 aromatic rings. The summed E-state index contributed by atoms with van der Waals surface area (Å²) in [5.41, 5.74) is 1.04. The van der Waals surface area contributed by atoms with Gasteiger partial charge in [0.2, 0.25) is 0 Å². The van der Waals surface area contributed by atoms with Crippen LogP contribution in [0.15, 0.2) is 18.2 Å². The average molecular weight is 379 g/mol. The molecular weight excluding hydrogens is 356 g/mol. The second kappa shape index (κ2) is 12.7. The summed E-state index contributed by atoms with van der Waals surface area (Å²) in [6.45, 7) is 2.39. The van der Waals surface area contributed by atoms with E-state index >= 15 is 0 Å². The summed E-state index contributed by atoms with van der Waals surface area (Å²) in [6, 6.07) is 5.64. The van der Waals surface area contributed by atoms with Crippen LogP contribution in [0.1, 0.15) is 5.56 Å². The molecule has 0 fully saturated rings. The van der Waals surface area contributed by atoms with Gasteiger partial charge in [-0.1, -0.05) is 15.9 Å². The van der Waals surface area contributed by atoms with Crippen molar-refractivity contribution in [1.29, 1.82) is 0 Å². The molecule has 6 nitrogen and oxygen atoms in total. The summed E-state index contributed by atoms with van der Waals surface area (Å²) in [6.07, 6.45) is 0. The molecule has 0 N–H and O–H groups in total. The SMILES string of the molecule is COCCOCOc1cc(CBr)cc(OCOCCOC)c1. The fraction of sp³-hybridized carbons (Fsp3) is 0.600. The Balaban J connectivity index is 2.42. The van der Waals surface area contributed by atoms with Gasteiger partial charge in [-0.15, -0.1) is 0 Å². The Morgan fingerprint density at radius 2 is 1.27 bits per heavy atom. The largest absolute Gasteiger partial charge is 0.467 e. The summed E-state index contributed by atoms with van der Waals surface area (Å²) < 4.78 is 31.4. The van der Waals surface area contributed by atoms with Gasteiger partial charge in [0.1, 0.15) is 11.5 Å². The van der Waals surface area contributed by atoms with Crippen LogP contribution in [0.3, 0.4) is 0 Å². The predicted octanol–water partition coefficient (Wildman–Crippen LogP) is 2.58. The van der Waals surface area contributed by atoms with Crippen LogP contribution in [-0.4, -0.2) is 54.2 Å². The highest BCUT2D eigenvalue weighted by Gasteiger charge is 2.03. The molecule has 0 spiro atoms. The summed E-state index contributed by atoms with van der Waals surface area (Å²) >= 11 is 3.42. The van der Waals surface area contributed by atoms with E-state index in [1.165, 1.54) is 0 Å². The Hall–Kier alpha value is -0.860. The number of hydrogen-bond donors (Lipinski definition) is 0. The summed E-state index contributed by atoms with van der Waals surface area (Å²) in [7, 11) is 3.25. The molecule has 22 heavy (non-hydrogen) atoms. The highest BCUT2D eigenvalue weighted by molar-refractivity contribution is 9.08. The zero-order valence-electron chi connectivity index (χ0n) is 13.0. The maximum Gasteiger partial charge on any atom is 0.189 e. The van der Waals surface area contributed by atoms with Crippen LogP contribution in [0.4, 0.5) is 0 Å². The zero-order chi connectivity index (χ0) is 16.0. The third-order valence-corrected chi connectivity index (χ3v) is 3.22. The van der Waals surface area contributed by atoms with Crippen molar-refractivity contribution < 1.29 is 28.4 Å². The smallest absolute Gasteiger partial charge is 0.189 e. The first-order valence-corrected chi connectivity index (χ1v) is 8.01. The molecule has 0 amide bonds. The van der Waals surface area contributed by atoms with Crippen molar-refractivity contribution in [1.82, 2.24) is 0 Å². The minimum Gasteiger partial charge on any atom is -0.467 e. The highest BCUT2D eigenvalue weighted by atomic mass is 79.9. The van der Waals surface area contributed by atoms with Gasteiger partial charge in [0.05, 0.1) is 26.4 Å². The number of ether oxygens (including phenoxy) is 6. The van der Waals surface area contributed by atoms with Crippen LogP contribution < -0.4 is 9.47 Å². The molecule has 0 saturated heterocycles. The van der Waals surface area contributed by atoms with E-state index in [9.17, 15) is 0 Å². The van der Waals surface area contributed by atoms with Crippen LogP contribution in [0.25, 0.3) is 0 Å². The molecule has 0 aliphatic rings. The first-order valence-electron chi connectivity index (χ1n) is 6.89. The lowest BCUT2D eigenvalue weighted by atomic mass is 10.2. The maximum atomic E-state index is 5.54. The third-order valence-electron chi connectivity index (χ3n) is 2.58. The molecule has 0 aromatic heterocycles. The van der Waals surface area contributed by atoms with E-state index in [4.69, 9.17) is 28.4 Å². The first kappa shape index (κ1) is 19.2. The van der Waals surface area contributed by atoms with E-state index in [-0.39, 0.29) is 13.6 Å². The van der Waals surface area contributed by atoms with E-state index in [0.29, 0.717) is 43.3 Å². The number of benzene rings is 1. The molecule has 0 bridgehead atoms. The van der Waals surface area contributed by atoms with Gasteiger partial charge in [-0.3, -0.25) is 0 Å². The van der Waals surface area contributed by atoms with Crippen LogP contribution in [0, 0.1) is 0 Å². The third kappa shape index (κ3) is 8.55. The van der Waals surface area contributed by atoms with Crippen molar-refractivity contribution in [3.8, 4) is 11.5 Å². The van der Waals surface area contributed by atoms with Gasteiger partial charge < -0.3 is 28.4 Å². The van der Waals surface area contributed by atoms with Crippen molar-refractivity contribution in [3.63, 3.8) is 0 Å². The number of methoxy groups -OCH3 is 2. The van der Waals surface area contributed by atoms with E-state index in [2.05, 4.69) is 15.9 Å². The molecule has 0 aliphatic carbocycles. The maximum absolute atomic E-state index is 5.54. The summed E-state index contributed by atoms with van der Waals surface area (Å²) in [4.78, 5) is 0. The fourth-order valence-corrected chi connectivity index (χ4v) is 1.82. The summed E-state index contributed by atoms with van der Waals surface area (Å²) in [5, 5.41) is 0.704. The molecule has 1 aromatic carbocycles. The minimum atomic E-state index is 0.166. The molecule has 0 atom stereocenters. The van der Waals surface area contributed by atoms with Crippen LogP contribution in [0.5, 0.6) is 11.5 Å². The standard InChI is InChI=1S/C15H23BrO6/c1-17-3-5-19-11-21-14-7-13(10-16)8-15(9-14)22-12-20-6-4-18-2/h7-9H,3-6,10-12H2,1-2H3. The Labute approximate surface area is 139 Å². The first-order chi connectivity index (χ1) is 10.8. The van der Waals surface area contributed by atoms with Crippen molar-refractivity contribution >= 4 is 15.9 Å². The van der Waals surface area contributed by atoms with Crippen LogP contribution >= 0.6 is 15.9 Å². The monoisotopic (exact) mass is 378 g/mol. The average Bonchev–Trinajstić information content (AvgIpc) is 2.54. The van der Waals surface area contributed by atoms with Crippen LogP contribution in [0.2, 0.25) is 0 Å². The van der Waals surface area contributed by atoms with Crippen molar-refractivity contribution in [3.05, 3.63) is 23.8 Å². The second-order valence-corrected chi connectivity index (χ2v) is 4.83. The topological polar surface area (TPSA) is 55.4 Å². The van der Waals surface area contributed by atoms with Gasteiger partial charge in [0.15, 0.2) is 13.6 Å². The van der Waals surface area contributed by atoms with E-state index < -0.39 is 0 Å². The van der Waals surface area contributed by atoms with Gasteiger partial charge in [-0.05, 0) is 17.7 Å². The molecule has 0 unspecified atom stereocenters. The summed E-state index contributed by atoms with van der Waals surface area (Å²) in [5.74, 6) is 1.36. The molecular formula is C15H23BrO6. The predicted molar refractivity (Wildman–Crippen MR) is 85.7 cm³/mol.